The predicted molar refractivity (Wildman–Crippen MR) is 157 cm³/mol. The lowest BCUT2D eigenvalue weighted by atomic mass is 9.99. The lowest BCUT2D eigenvalue weighted by Crippen LogP contribution is -2.38. The summed E-state index contributed by atoms with van der Waals surface area (Å²) < 4.78 is 20.7. The smallest absolute Gasteiger partial charge is 0.318 e. The average Bonchev–Trinajstić information content (AvgIpc) is 2.87. The molecule has 0 saturated heterocycles. The lowest BCUT2D eigenvalue weighted by molar-refractivity contribution is -0.143. The SMILES string of the molecule is CCOC(=O)C(C)SCC(CSC(C)C(=O)OCC)(CSC(C)C(=O)OCC)CSC(C)C(=O)OCC. The topological polar surface area (TPSA) is 105 Å². The average molecular weight is 601 g/mol. The van der Waals surface area contributed by atoms with Gasteiger partial charge in [0.1, 0.15) is 0 Å². The Bertz CT molecular complexity index is 589. The molecule has 4 atom stereocenters. The van der Waals surface area contributed by atoms with E-state index in [2.05, 4.69) is 0 Å². The second-order valence-corrected chi connectivity index (χ2v) is 13.6. The van der Waals surface area contributed by atoms with E-state index in [0.29, 0.717) is 49.4 Å². The van der Waals surface area contributed by atoms with Crippen LogP contribution in [0.25, 0.3) is 0 Å². The summed E-state index contributed by atoms with van der Waals surface area (Å²) in [5.41, 5.74) is -0.423. The molecule has 0 aliphatic heterocycles. The minimum absolute atomic E-state index is 0.283. The first-order valence-corrected chi connectivity index (χ1v) is 16.8. The molecular weight excluding hydrogens is 557 g/mol. The van der Waals surface area contributed by atoms with Crippen molar-refractivity contribution >= 4 is 70.9 Å². The Kier molecular flexibility index (Phi) is 19.8. The van der Waals surface area contributed by atoms with Gasteiger partial charge in [-0.2, -0.15) is 0 Å². The number of carbonyl (C=O) groups is 4. The molecule has 0 N–H and O–H groups in total. The zero-order valence-corrected chi connectivity index (χ0v) is 26.6. The Morgan fingerprint density at radius 3 is 0.838 bits per heavy atom. The molecule has 0 aromatic rings. The van der Waals surface area contributed by atoms with Gasteiger partial charge in [-0.15, -0.1) is 47.0 Å². The molecule has 8 nitrogen and oxygen atoms in total. The summed E-state index contributed by atoms with van der Waals surface area (Å²) in [6.07, 6.45) is 0. The van der Waals surface area contributed by atoms with Gasteiger partial charge in [0.15, 0.2) is 0 Å². The lowest BCUT2D eigenvalue weighted by Gasteiger charge is -2.35. The Morgan fingerprint density at radius 1 is 0.486 bits per heavy atom. The highest BCUT2D eigenvalue weighted by Crippen LogP contribution is 2.39. The van der Waals surface area contributed by atoms with E-state index in [9.17, 15) is 19.2 Å². The first-order valence-electron chi connectivity index (χ1n) is 12.6. The van der Waals surface area contributed by atoms with E-state index in [0.717, 1.165) is 0 Å². The fourth-order valence-corrected chi connectivity index (χ4v) is 8.00. The van der Waals surface area contributed by atoms with E-state index in [1.807, 2.05) is 27.7 Å². The molecule has 0 heterocycles. The molecule has 4 unspecified atom stereocenters. The Labute approximate surface area is 239 Å². The summed E-state index contributed by atoms with van der Waals surface area (Å²) in [6, 6.07) is 0. The molecule has 0 aromatic heterocycles. The van der Waals surface area contributed by atoms with Gasteiger partial charge in [-0.05, 0) is 55.4 Å². The van der Waals surface area contributed by atoms with Gasteiger partial charge in [0, 0.05) is 28.4 Å². The van der Waals surface area contributed by atoms with Crippen LogP contribution in [0.1, 0.15) is 55.4 Å². The van der Waals surface area contributed by atoms with Gasteiger partial charge in [-0.1, -0.05) is 0 Å². The van der Waals surface area contributed by atoms with Crippen LogP contribution < -0.4 is 0 Å². The minimum Gasteiger partial charge on any atom is -0.465 e. The number of ether oxygens (including phenoxy) is 4. The van der Waals surface area contributed by atoms with Gasteiger partial charge in [-0.25, -0.2) is 0 Å². The van der Waals surface area contributed by atoms with Crippen molar-refractivity contribution in [1.29, 1.82) is 0 Å². The van der Waals surface area contributed by atoms with Crippen LogP contribution in [0.3, 0.4) is 0 Å². The number of esters is 4. The van der Waals surface area contributed by atoms with Crippen LogP contribution in [0.2, 0.25) is 0 Å². The van der Waals surface area contributed by atoms with Crippen molar-refractivity contribution in [3.63, 3.8) is 0 Å². The molecule has 37 heavy (non-hydrogen) atoms. The van der Waals surface area contributed by atoms with Crippen LogP contribution >= 0.6 is 47.0 Å². The van der Waals surface area contributed by atoms with Crippen molar-refractivity contribution in [2.24, 2.45) is 5.41 Å². The number of carbonyl (C=O) groups excluding carboxylic acids is 4. The highest BCUT2D eigenvalue weighted by atomic mass is 32.2. The maximum atomic E-state index is 12.3. The third-order valence-electron chi connectivity index (χ3n) is 5.03. The molecule has 0 saturated carbocycles. The Morgan fingerprint density at radius 2 is 0.676 bits per heavy atom. The Balaban J connectivity index is 5.89. The minimum atomic E-state index is -0.423. The third kappa shape index (κ3) is 14.9. The maximum Gasteiger partial charge on any atom is 0.318 e. The fourth-order valence-electron chi connectivity index (χ4n) is 2.77. The second-order valence-electron chi connectivity index (χ2n) is 8.32. The quantitative estimate of drug-likeness (QED) is 0.143. The fraction of sp³-hybridized carbons (Fsp3) is 0.840. The highest BCUT2D eigenvalue weighted by Gasteiger charge is 2.36. The van der Waals surface area contributed by atoms with Gasteiger partial charge >= 0.3 is 23.9 Å². The molecule has 216 valence electrons. The molecule has 0 amide bonds. The molecule has 0 spiro atoms. The summed E-state index contributed by atoms with van der Waals surface area (Å²) in [5.74, 6) is 1.15. The van der Waals surface area contributed by atoms with Crippen molar-refractivity contribution in [3.05, 3.63) is 0 Å². The maximum absolute atomic E-state index is 12.3. The van der Waals surface area contributed by atoms with E-state index < -0.39 is 5.41 Å². The zero-order valence-electron chi connectivity index (χ0n) is 23.4. The van der Waals surface area contributed by atoms with E-state index in [1.165, 1.54) is 47.0 Å². The van der Waals surface area contributed by atoms with Crippen molar-refractivity contribution in [3.8, 4) is 0 Å². The summed E-state index contributed by atoms with van der Waals surface area (Å²) in [6.45, 7) is 15.6. The summed E-state index contributed by atoms with van der Waals surface area (Å²) in [5, 5.41) is -1.53. The standard InChI is InChI=1S/C25H44O8S4/c1-9-30-21(26)17(5)34-13-25(14-35-18(6)22(27)31-10-2,15-36-19(7)23(28)32-11-3)16-37-20(8)24(29)33-12-4/h17-20H,9-16H2,1-8H3. The molecule has 0 radical (unpaired) electrons. The molecule has 0 aliphatic rings. The number of hydrogen-bond acceptors (Lipinski definition) is 12. The first-order chi connectivity index (χ1) is 17.5. The highest BCUT2D eigenvalue weighted by molar-refractivity contribution is 8.03. The van der Waals surface area contributed by atoms with Crippen LogP contribution in [0.4, 0.5) is 0 Å². The van der Waals surface area contributed by atoms with Crippen molar-refractivity contribution < 1.29 is 38.1 Å². The van der Waals surface area contributed by atoms with Gasteiger partial charge < -0.3 is 18.9 Å². The van der Waals surface area contributed by atoms with Gasteiger partial charge in [0.05, 0.1) is 47.4 Å². The first kappa shape index (κ1) is 36.3. The van der Waals surface area contributed by atoms with E-state index >= 15 is 0 Å². The molecule has 0 rings (SSSR count). The van der Waals surface area contributed by atoms with Crippen molar-refractivity contribution in [2.75, 3.05) is 49.4 Å². The summed E-state index contributed by atoms with van der Waals surface area (Å²) in [7, 11) is 0. The number of rotatable bonds is 20. The van der Waals surface area contributed by atoms with Gasteiger partial charge in [0.25, 0.3) is 0 Å². The molecule has 0 aliphatic carbocycles. The van der Waals surface area contributed by atoms with Crippen molar-refractivity contribution in [2.45, 2.75) is 76.4 Å². The molecule has 0 aromatic carbocycles. The van der Waals surface area contributed by atoms with E-state index in [-0.39, 0.29) is 44.9 Å². The third-order valence-corrected chi connectivity index (χ3v) is 10.9. The summed E-state index contributed by atoms with van der Waals surface area (Å²) in [4.78, 5) is 49.2. The van der Waals surface area contributed by atoms with Gasteiger partial charge in [-0.3, -0.25) is 19.2 Å². The van der Waals surface area contributed by atoms with Gasteiger partial charge in [0.2, 0.25) is 0 Å². The number of hydrogen-bond donors (Lipinski definition) is 0. The largest absolute Gasteiger partial charge is 0.465 e. The van der Waals surface area contributed by atoms with Crippen LogP contribution in [-0.2, 0) is 38.1 Å². The van der Waals surface area contributed by atoms with E-state index in [1.54, 1.807) is 27.7 Å². The monoisotopic (exact) mass is 600 g/mol. The predicted octanol–water partition coefficient (Wildman–Crippen LogP) is 4.71. The van der Waals surface area contributed by atoms with Crippen LogP contribution in [0.15, 0.2) is 0 Å². The second kappa shape index (κ2) is 20.2. The molecule has 0 fully saturated rings. The molecular formula is C25H44O8S4. The molecule has 12 heteroatoms. The van der Waals surface area contributed by atoms with Crippen LogP contribution in [0.5, 0.6) is 0 Å². The van der Waals surface area contributed by atoms with Crippen LogP contribution in [-0.4, -0.2) is 94.3 Å². The number of thioether (sulfide) groups is 4. The molecule has 0 bridgehead atoms. The van der Waals surface area contributed by atoms with Crippen LogP contribution in [0, 0.1) is 5.41 Å². The van der Waals surface area contributed by atoms with Crippen molar-refractivity contribution in [1.82, 2.24) is 0 Å². The zero-order chi connectivity index (χ0) is 28.4. The normalized spacial score (nSPS) is 16.0. The summed E-state index contributed by atoms with van der Waals surface area (Å²) >= 11 is 5.92. The Hall–Kier alpha value is -0.720. The van der Waals surface area contributed by atoms with E-state index in [4.69, 9.17) is 18.9 Å².